The summed E-state index contributed by atoms with van der Waals surface area (Å²) >= 11 is 0. The minimum Gasteiger partial charge on any atom is -0.497 e. The molecule has 0 unspecified atom stereocenters. The lowest BCUT2D eigenvalue weighted by Crippen LogP contribution is -2.56. The topological polar surface area (TPSA) is 21.6 Å². The molecule has 0 radical (unpaired) electrons. The fourth-order valence-corrected chi connectivity index (χ4v) is 1.53. The highest BCUT2D eigenvalue weighted by molar-refractivity contribution is 6.06. The average Bonchev–Trinajstić information content (AvgIpc) is 2.38. The summed E-state index contributed by atoms with van der Waals surface area (Å²) in [5.74, 6) is -11.5. The first-order valence-electron chi connectivity index (χ1n) is 5.43. The van der Waals surface area contributed by atoms with Gasteiger partial charge in [-0.2, -0.15) is 30.7 Å². The second kappa shape index (κ2) is 5.53. The van der Waals surface area contributed by atoms with Gasteiger partial charge in [-0.1, -0.05) is 0 Å². The number of methoxy groups -OCH3 is 1. The van der Waals surface area contributed by atoms with E-state index in [0.717, 1.165) is 24.3 Å². The summed E-state index contributed by atoms with van der Waals surface area (Å²) in [6.45, 7) is 0. The minimum atomic E-state index is -6.40. The van der Waals surface area contributed by atoms with Crippen molar-refractivity contribution in [1.29, 1.82) is 0 Å². The molecule has 21 heavy (non-hydrogen) atoms. The number of rotatable bonds is 4. The third-order valence-corrected chi connectivity index (χ3v) is 2.63. The Balaban J connectivity index is 3.31. The number of aliphatic imine (C=N–C) groups is 1. The Labute approximate surface area is 115 Å². The number of hydrogen-bond acceptors (Lipinski definition) is 2. The highest BCUT2D eigenvalue weighted by Gasteiger charge is 2.74. The van der Waals surface area contributed by atoms with E-state index in [9.17, 15) is 30.7 Å². The van der Waals surface area contributed by atoms with Crippen molar-refractivity contribution in [1.82, 2.24) is 0 Å². The lowest BCUT2D eigenvalue weighted by atomic mass is 9.98. The molecule has 2 nitrogen and oxygen atoms in total. The normalized spacial score (nSPS) is 14.2. The Bertz CT molecular complexity index is 519. The molecule has 0 amide bonds. The molecule has 0 N–H and O–H groups in total. The molecule has 0 saturated heterocycles. The van der Waals surface area contributed by atoms with E-state index in [0.29, 0.717) is 7.05 Å². The number of nitrogens with zero attached hydrogens (tertiary/aromatic N) is 1. The number of alkyl halides is 7. The van der Waals surface area contributed by atoms with Crippen LogP contribution in [0.4, 0.5) is 30.7 Å². The molecular formula is C12H10F7NO. The summed E-state index contributed by atoms with van der Waals surface area (Å²) in [6, 6.07) is 4.12. The summed E-state index contributed by atoms with van der Waals surface area (Å²) in [5.41, 5.74) is -2.22. The number of ether oxygens (including phenoxy) is 1. The summed E-state index contributed by atoms with van der Waals surface area (Å²) in [5, 5.41) is 0. The third-order valence-electron chi connectivity index (χ3n) is 2.63. The molecule has 0 spiro atoms. The van der Waals surface area contributed by atoms with Crippen molar-refractivity contribution in [2.75, 3.05) is 14.2 Å². The van der Waals surface area contributed by atoms with Crippen LogP contribution in [-0.4, -0.2) is 37.9 Å². The summed E-state index contributed by atoms with van der Waals surface area (Å²) in [6.07, 6.45) is -6.40. The van der Waals surface area contributed by atoms with Crippen LogP contribution in [0.2, 0.25) is 0 Å². The lowest BCUT2D eigenvalue weighted by molar-refractivity contribution is -0.336. The van der Waals surface area contributed by atoms with Crippen LogP contribution in [0, 0.1) is 0 Å². The highest BCUT2D eigenvalue weighted by atomic mass is 19.4. The number of hydrogen-bond donors (Lipinski definition) is 0. The van der Waals surface area contributed by atoms with Crippen LogP contribution in [0.3, 0.4) is 0 Å². The molecule has 0 aliphatic carbocycles. The zero-order valence-corrected chi connectivity index (χ0v) is 10.8. The molecule has 0 atom stereocenters. The standard InChI is InChI=1S/C12H10F7NO/c1-20-9(7-3-5-8(21-2)6-4-7)10(13,14)11(15,16)12(17,18)19/h3-6H,1-2H3/b20-9-. The fraction of sp³-hybridized carbons (Fsp3) is 0.417. The van der Waals surface area contributed by atoms with Crippen molar-refractivity contribution < 1.29 is 35.5 Å². The first-order valence-corrected chi connectivity index (χ1v) is 5.43. The van der Waals surface area contributed by atoms with E-state index in [1.807, 2.05) is 0 Å². The van der Waals surface area contributed by atoms with E-state index in [1.54, 1.807) is 0 Å². The zero-order chi connectivity index (χ0) is 16.5. The van der Waals surface area contributed by atoms with Gasteiger partial charge in [-0.3, -0.25) is 4.99 Å². The smallest absolute Gasteiger partial charge is 0.460 e. The summed E-state index contributed by atoms with van der Waals surface area (Å²) in [7, 11) is 1.98. The van der Waals surface area contributed by atoms with Gasteiger partial charge in [-0.25, -0.2) is 0 Å². The van der Waals surface area contributed by atoms with Gasteiger partial charge in [0.2, 0.25) is 0 Å². The number of halogens is 7. The maximum absolute atomic E-state index is 13.6. The number of benzene rings is 1. The van der Waals surface area contributed by atoms with Crippen LogP contribution in [0.1, 0.15) is 5.56 Å². The second-order valence-corrected chi connectivity index (χ2v) is 3.95. The maximum Gasteiger partial charge on any atom is 0.460 e. The van der Waals surface area contributed by atoms with Gasteiger partial charge >= 0.3 is 18.0 Å². The van der Waals surface area contributed by atoms with E-state index >= 15 is 0 Å². The van der Waals surface area contributed by atoms with Gasteiger partial charge in [-0.05, 0) is 24.3 Å². The van der Waals surface area contributed by atoms with Gasteiger partial charge in [-0.15, -0.1) is 0 Å². The molecule has 0 aliphatic rings. The van der Waals surface area contributed by atoms with Gasteiger partial charge < -0.3 is 4.74 Å². The van der Waals surface area contributed by atoms with Crippen molar-refractivity contribution in [2.24, 2.45) is 4.99 Å². The first-order chi connectivity index (χ1) is 9.49. The Morgan fingerprint density at radius 2 is 1.43 bits per heavy atom. The Hall–Kier alpha value is -1.80. The van der Waals surface area contributed by atoms with E-state index in [-0.39, 0.29) is 5.75 Å². The molecule has 0 aliphatic heterocycles. The largest absolute Gasteiger partial charge is 0.497 e. The predicted molar refractivity (Wildman–Crippen MR) is 61.4 cm³/mol. The molecule has 0 bridgehead atoms. The van der Waals surface area contributed by atoms with Gasteiger partial charge in [0.25, 0.3) is 0 Å². The van der Waals surface area contributed by atoms with Crippen LogP contribution in [0.15, 0.2) is 29.3 Å². The van der Waals surface area contributed by atoms with Crippen molar-refractivity contribution in [3.05, 3.63) is 29.8 Å². The molecule has 1 rings (SSSR count). The van der Waals surface area contributed by atoms with Gasteiger partial charge in [0, 0.05) is 12.6 Å². The van der Waals surface area contributed by atoms with Crippen molar-refractivity contribution in [2.45, 2.75) is 18.0 Å². The third kappa shape index (κ3) is 2.96. The molecule has 0 saturated carbocycles. The second-order valence-electron chi connectivity index (χ2n) is 3.95. The molecule has 0 aromatic heterocycles. The lowest BCUT2D eigenvalue weighted by Gasteiger charge is -2.29. The van der Waals surface area contributed by atoms with E-state index in [2.05, 4.69) is 4.99 Å². The van der Waals surface area contributed by atoms with Crippen LogP contribution in [0.5, 0.6) is 5.75 Å². The molecule has 1 aromatic rings. The molecule has 0 heterocycles. The first kappa shape index (κ1) is 17.3. The van der Waals surface area contributed by atoms with Crippen LogP contribution < -0.4 is 4.74 Å². The van der Waals surface area contributed by atoms with Crippen LogP contribution >= 0.6 is 0 Å². The van der Waals surface area contributed by atoms with E-state index in [1.165, 1.54) is 7.11 Å². The van der Waals surface area contributed by atoms with Crippen molar-refractivity contribution in [3.63, 3.8) is 0 Å². The predicted octanol–water partition coefficient (Wildman–Crippen LogP) is 3.95. The van der Waals surface area contributed by atoms with E-state index < -0.39 is 29.3 Å². The maximum atomic E-state index is 13.6. The summed E-state index contributed by atoms with van der Waals surface area (Å²) in [4.78, 5) is 2.91. The zero-order valence-electron chi connectivity index (χ0n) is 10.8. The van der Waals surface area contributed by atoms with Crippen LogP contribution in [-0.2, 0) is 0 Å². The molecular weight excluding hydrogens is 307 g/mol. The Kier molecular flexibility index (Phi) is 4.54. The Morgan fingerprint density at radius 3 is 1.76 bits per heavy atom. The van der Waals surface area contributed by atoms with Crippen molar-refractivity contribution in [3.8, 4) is 5.75 Å². The van der Waals surface area contributed by atoms with E-state index in [4.69, 9.17) is 4.74 Å². The monoisotopic (exact) mass is 317 g/mol. The molecule has 118 valence electrons. The van der Waals surface area contributed by atoms with Crippen LogP contribution in [0.25, 0.3) is 0 Å². The molecule has 0 fully saturated rings. The van der Waals surface area contributed by atoms with Crippen molar-refractivity contribution >= 4 is 5.71 Å². The molecule has 1 aromatic carbocycles. The molecule has 9 heteroatoms. The highest BCUT2D eigenvalue weighted by Crippen LogP contribution is 2.48. The average molecular weight is 317 g/mol. The quantitative estimate of drug-likeness (QED) is 0.609. The fourth-order valence-electron chi connectivity index (χ4n) is 1.53. The minimum absolute atomic E-state index is 0.222. The SMILES string of the molecule is C/N=C(/c1ccc(OC)cc1)C(F)(F)C(F)(F)C(F)(F)F. The van der Waals surface area contributed by atoms with Gasteiger partial charge in [0.15, 0.2) is 0 Å². The Morgan fingerprint density at radius 1 is 0.952 bits per heavy atom. The van der Waals surface area contributed by atoms with Gasteiger partial charge in [0.05, 0.1) is 7.11 Å². The van der Waals surface area contributed by atoms with Gasteiger partial charge in [0.1, 0.15) is 11.5 Å². The summed E-state index contributed by atoms with van der Waals surface area (Å²) < 4.78 is 94.4.